The molecule has 1 N–H and O–H groups in total. The smallest absolute Gasteiger partial charge is 0.370 e. The maximum Gasteiger partial charge on any atom is 0.416 e. The third kappa shape index (κ3) is 5.08. The van der Waals surface area contributed by atoms with Gasteiger partial charge in [-0.2, -0.15) is 18.3 Å². The quantitative estimate of drug-likeness (QED) is 0.493. The van der Waals surface area contributed by atoms with E-state index in [1.807, 2.05) is 29.3 Å². The van der Waals surface area contributed by atoms with E-state index >= 15 is 0 Å². The van der Waals surface area contributed by atoms with Gasteiger partial charge in [-0.3, -0.25) is 4.99 Å². The van der Waals surface area contributed by atoms with Crippen LogP contribution in [0.2, 0.25) is 0 Å². The fourth-order valence-corrected chi connectivity index (χ4v) is 3.57. The number of halogens is 3. The van der Waals surface area contributed by atoms with Crippen LogP contribution in [0.1, 0.15) is 22.8 Å². The Morgan fingerprint density at radius 3 is 2.84 bits per heavy atom. The molecule has 3 aromatic rings. The Morgan fingerprint density at radius 1 is 1.22 bits per heavy atom. The summed E-state index contributed by atoms with van der Waals surface area (Å²) in [5.74, 6) is 1.36. The van der Waals surface area contributed by atoms with E-state index in [2.05, 4.69) is 20.4 Å². The molecular weight excluding hydrogens is 421 g/mol. The number of alkyl halides is 3. The molecule has 0 aliphatic carbocycles. The molecule has 0 radical (unpaired) electrons. The van der Waals surface area contributed by atoms with Gasteiger partial charge in [-0.05, 0) is 41.5 Å². The first-order chi connectivity index (χ1) is 15.4. The summed E-state index contributed by atoms with van der Waals surface area (Å²) in [5.41, 5.74) is 0.816. The van der Waals surface area contributed by atoms with E-state index in [1.165, 1.54) is 6.07 Å². The van der Waals surface area contributed by atoms with Crippen molar-refractivity contribution in [3.63, 3.8) is 0 Å². The van der Waals surface area contributed by atoms with Gasteiger partial charge in [0.05, 0.1) is 18.7 Å². The van der Waals surface area contributed by atoms with E-state index in [0.717, 1.165) is 17.7 Å². The number of hydrogen-bond donors (Lipinski definition) is 1. The molecule has 2 aromatic heterocycles. The Bertz CT molecular complexity index is 1070. The van der Waals surface area contributed by atoms with Crippen molar-refractivity contribution in [2.24, 2.45) is 4.99 Å². The van der Waals surface area contributed by atoms with Crippen molar-refractivity contribution in [3.05, 3.63) is 77.7 Å². The number of morpholine rings is 1. The Labute approximate surface area is 183 Å². The number of nitrogens with one attached hydrogen (secondary N) is 1. The highest BCUT2D eigenvalue weighted by Gasteiger charge is 2.32. The summed E-state index contributed by atoms with van der Waals surface area (Å²) in [4.78, 5) is 10.7. The van der Waals surface area contributed by atoms with Crippen molar-refractivity contribution in [1.29, 1.82) is 0 Å². The van der Waals surface area contributed by atoms with Crippen LogP contribution in [0, 0.1) is 0 Å². The maximum atomic E-state index is 13.1. The van der Waals surface area contributed by atoms with Crippen LogP contribution < -0.4 is 5.32 Å². The van der Waals surface area contributed by atoms with Gasteiger partial charge in [0.2, 0.25) is 0 Å². The molecular formula is C22H23F3N6O. The minimum Gasteiger partial charge on any atom is -0.370 e. The summed E-state index contributed by atoms with van der Waals surface area (Å²) in [6.45, 7) is 1.88. The van der Waals surface area contributed by atoms with E-state index < -0.39 is 17.8 Å². The zero-order valence-corrected chi connectivity index (χ0v) is 17.5. The summed E-state index contributed by atoms with van der Waals surface area (Å²) in [6.07, 6.45) is 0.363. The van der Waals surface area contributed by atoms with Crippen LogP contribution in [0.3, 0.4) is 0 Å². The predicted molar refractivity (Wildman–Crippen MR) is 113 cm³/mol. The number of pyridine rings is 1. The van der Waals surface area contributed by atoms with Crippen molar-refractivity contribution >= 4 is 5.96 Å². The summed E-state index contributed by atoms with van der Waals surface area (Å²) < 4.78 is 46.7. The molecule has 0 spiro atoms. The molecule has 3 heterocycles. The SMILES string of the molecule is CN=C(NCc1ccnc(-n2cccn2)c1)N1CCOC(c2cccc(C(F)(F)F)c2)C1. The highest BCUT2D eigenvalue weighted by Crippen LogP contribution is 2.32. The molecule has 0 saturated carbocycles. The maximum absolute atomic E-state index is 13.1. The normalized spacial score (nSPS) is 17.4. The van der Waals surface area contributed by atoms with Crippen molar-refractivity contribution in [3.8, 4) is 5.82 Å². The highest BCUT2D eigenvalue weighted by atomic mass is 19.4. The number of hydrogen-bond acceptors (Lipinski definition) is 4. The third-order valence-corrected chi connectivity index (χ3v) is 5.16. The van der Waals surface area contributed by atoms with Gasteiger partial charge in [0.1, 0.15) is 6.10 Å². The number of ether oxygens (including phenoxy) is 1. The minimum atomic E-state index is -4.39. The van der Waals surface area contributed by atoms with Crippen LogP contribution in [0.25, 0.3) is 5.82 Å². The van der Waals surface area contributed by atoms with Gasteiger partial charge in [0.25, 0.3) is 0 Å². The first-order valence-corrected chi connectivity index (χ1v) is 10.1. The number of rotatable bonds is 4. The van der Waals surface area contributed by atoms with Crippen LogP contribution in [0.4, 0.5) is 13.2 Å². The van der Waals surface area contributed by atoms with Gasteiger partial charge >= 0.3 is 6.18 Å². The minimum absolute atomic E-state index is 0.389. The molecule has 168 valence electrons. The molecule has 10 heteroatoms. The van der Waals surface area contributed by atoms with Crippen LogP contribution in [0.5, 0.6) is 0 Å². The highest BCUT2D eigenvalue weighted by molar-refractivity contribution is 5.80. The molecule has 4 rings (SSSR count). The van der Waals surface area contributed by atoms with Gasteiger partial charge in [0, 0.05) is 38.7 Å². The lowest BCUT2D eigenvalue weighted by Gasteiger charge is -2.35. The lowest BCUT2D eigenvalue weighted by atomic mass is 10.0. The zero-order valence-electron chi connectivity index (χ0n) is 17.5. The number of benzene rings is 1. The van der Waals surface area contributed by atoms with Gasteiger partial charge < -0.3 is 15.0 Å². The van der Waals surface area contributed by atoms with E-state index in [9.17, 15) is 13.2 Å². The summed E-state index contributed by atoms with van der Waals surface area (Å²) >= 11 is 0. The summed E-state index contributed by atoms with van der Waals surface area (Å²) in [6, 6.07) is 10.9. The molecule has 1 atom stereocenters. The zero-order chi connectivity index (χ0) is 22.6. The average molecular weight is 444 g/mol. The van der Waals surface area contributed by atoms with Crippen LogP contribution in [-0.2, 0) is 17.5 Å². The predicted octanol–water partition coefficient (Wildman–Crippen LogP) is 3.44. The fraction of sp³-hybridized carbons (Fsp3) is 0.318. The second-order valence-corrected chi connectivity index (χ2v) is 7.30. The fourth-order valence-electron chi connectivity index (χ4n) is 3.57. The summed E-state index contributed by atoms with van der Waals surface area (Å²) in [7, 11) is 1.68. The Balaban J connectivity index is 1.42. The van der Waals surface area contributed by atoms with Gasteiger partial charge in [-0.25, -0.2) is 9.67 Å². The standard InChI is InChI=1S/C22H23F3N6O/c1-26-21(28-14-16-6-8-27-20(12-16)31-9-3-7-29-31)30-10-11-32-19(15-30)17-4-2-5-18(13-17)22(23,24)25/h2-9,12-13,19H,10-11,14-15H2,1H3,(H,26,28). The van der Waals surface area contributed by atoms with Gasteiger partial charge in [0.15, 0.2) is 11.8 Å². The molecule has 0 bridgehead atoms. The Hall–Kier alpha value is -3.40. The van der Waals surface area contributed by atoms with E-state index in [0.29, 0.717) is 43.6 Å². The molecule has 1 unspecified atom stereocenters. The van der Waals surface area contributed by atoms with Crippen LogP contribution in [-0.4, -0.2) is 52.4 Å². The van der Waals surface area contributed by atoms with Gasteiger partial charge in [-0.15, -0.1) is 0 Å². The van der Waals surface area contributed by atoms with Crippen molar-refractivity contribution in [2.75, 3.05) is 26.7 Å². The molecule has 1 saturated heterocycles. The molecule has 1 aromatic carbocycles. The third-order valence-electron chi connectivity index (χ3n) is 5.16. The van der Waals surface area contributed by atoms with E-state index in [-0.39, 0.29) is 0 Å². The van der Waals surface area contributed by atoms with E-state index in [1.54, 1.807) is 30.2 Å². The van der Waals surface area contributed by atoms with Crippen molar-refractivity contribution in [2.45, 2.75) is 18.8 Å². The summed E-state index contributed by atoms with van der Waals surface area (Å²) in [5, 5.41) is 7.51. The molecule has 7 nitrogen and oxygen atoms in total. The number of aliphatic imine (C=N–C) groups is 1. The first kappa shape index (κ1) is 21.8. The lowest BCUT2D eigenvalue weighted by molar-refractivity contribution is -0.137. The first-order valence-electron chi connectivity index (χ1n) is 10.1. The number of guanidine groups is 1. The second-order valence-electron chi connectivity index (χ2n) is 7.30. The average Bonchev–Trinajstić information content (AvgIpc) is 3.35. The van der Waals surface area contributed by atoms with Crippen LogP contribution in [0.15, 0.2) is 66.0 Å². The Morgan fingerprint density at radius 2 is 2.09 bits per heavy atom. The molecule has 1 aliphatic rings. The molecule has 1 fully saturated rings. The van der Waals surface area contributed by atoms with Crippen molar-refractivity contribution < 1.29 is 17.9 Å². The van der Waals surface area contributed by atoms with Crippen LogP contribution >= 0.6 is 0 Å². The molecule has 0 amide bonds. The monoisotopic (exact) mass is 444 g/mol. The number of nitrogens with zero attached hydrogens (tertiary/aromatic N) is 5. The number of aromatic nitrogens is 3. The Kier molecular flexibility index (Phi) is 6.40. The topological polar surface area (TPSA) is 67.6 Å². The van der Waals surface area contributed by atoms with E-state index in [4.69, 9.17) is 4.74 Å². The van der Waals surface area contributed by atoms with Gasteiger partial charge in [-0.1, -0.05) is 12.1 Å². The molecule has 32 heavy (non-hydrogen) atoms. The molecule has 1 aliphatic heterocycles. The largest absolute Gasteiger partial charge is 0.416 e. The van der Waals surface area contributed by atoms with Crippen molar-refractivity contribution in [1.82, 2.24) is 25.0 Å². The lowest BCUT2D eigenvalue weighted by Crippen LogP contribution is -2.48. The second kappa shape index (κ2) is 9.39.